The van der Waals surface area contributed by atoms with Crippen LogP contribution in [0.5, 0.6) is 5.75 Å². The molecule has 1 aliphatic heterocycles. The van der Waals surface area contributed by atoms with E-state index in [1.54, 1.807) is 31.2 Å². The van der Waals surface area contributed by atoms with Crippen molar-refractivity contribution in [3.05, 3.63) is 70.4 Å². The third-order valence-electron chi connectivity index (χ3n) is 6.00. The number of aliphatic hydroxyl groups excluding tert-OH is 1. The lowest BCUT2D eigenvalue weighted by Crippen LogP contribution is -2.44. The van der Waals surface area contributed by atoms with Crippen LogP contribution in [0.2, 0.25) is 0 Å². The molecule has 1 aromatic rings. The zero-order valence-corrected chi connectivity index (χ0v) is 20.7. The minimum atomic E-state index is -1.11. The monoisotopic (exact) mass is 497 g/mol. The molecule has 1 amide bonds. The van der Waals surface area contributed by atoms with Crippen molar-refractivity contribution in [1.82, 2.24) is 5.32 Å². The van der Waals surface area contributed by atoms with Crippen LogP contribution in [0, 0.1) is 0 Å². The molecule has 3 rings (SSSR count). The van der Waals surface area contributed by atoms with Crippen molar-refractivity contribution < 1.29 is 28.9 Å². The summed E-state index contributed by atoms with van der Waals surface area (Å²) in [6, 6.07) is 5.40. The zero-order valence-electron chi connectivity index (χ0n) is 20.7. The summed E-state index contributed by atoms with van der Waals surface area (Å²) in [5.41, 5.74) is 7.85. The number of benzene rings is 1. The first-order valence-electron chi connectivity index (χ1n) is 11.8. The molecule has 0 radical (unpaired) electrons. The second kappa shape index (κ2) is 11.2. The van der Waals surface area contributed by atoms with Crippen molar-refractivity contribution in [3.8, 4) is 5.75 Å². The number of hydrogen-bond donors (Lipinski definition) is 4. The van der Waals surface area contributed by atoms with Gasteiger partial charge in [0, 0.05) is 41.6 Å². The van der Waals surface area contributed by atoms with E-state index in [0.717, 1.165) is 5.56 Å². The molecule has 2 aliphatic rings. The van der Waals surface area contributed by atoms with Gasteiger partial charge < -0.3 is 26.0 Å². The molecule has 0 fully saturated rings. The molecule has 0 aromatic heterocycles. The van der Waals surface area contributed by atoms with Crippen molar-refractivity contribution in [1.29, 1.82) is 0 Å². The van der Waals surface area contributed by atoms with E-state index in [9.17, 15) is 24.2 Å². The molecule has 1 aromatic carbocycles. The third-order valence-corrected chi connectivity index (χ3v) is 6.00. The normalized spacial score (nSPS) is 20.7. The number of ether oxygens (including phenoxy) is 1. The molecular formula is C27H32FN3O5. The predicted octanol–water partition coefficient (Wildman–Crippen LogP) is 4.70. The molecule has 5 N–H and O–H groups in total. The van der Waals surface area contributed by atoms with E-state index in [1.165, 1.54) is 12.2 Å². The van der Waals surface area contributed by atoms with Crippen LogP contribution in [0.3, 0.4) is 0 Å². The van der Waals surface area contributed by atoms with Gasteiger partial charge in [-0.3, -0.25) is 9.79 Å². The molecule has 0 bridgehead atoms. The lowest BCUT2D eigenvalue weighted by Gasteiger charge is -2.27. The minimum Gasteiger partial charge on any atom is -0.509 e. The number of aliphatic hydroxyl groups is 1. The first kappa shape index (κ1) is 26.7. The van der Waals surface area contributed by atoms with Crippen molar-refractivity contribution in [3.63, 3.8) is 0 Å². The molecule has 0 saturated carbocycles. The Morgan fingerprint density at radius 2 is 2.03 bits per heavy atom. The summed E-state index contributed by atoms with van der Waals surface area (Å²) in [5, 5.41) is 22.1. The van der Waals surface area contributed by atoms with E-state index >= 15 is 0 Å². The van der Waals surface area contributed by atoms with Crippen LogP contribution in [0.1, 0.15) is 52.0 Å². The highest BCUT2D eigenvalue weighted by atomic mass is 19.1. The fourth-order valence-electron chi connectivity index (χ4n) is 4.11. The van der Waals surface area contributed by atoms with Gasteiger partial charge in [0.15, 0.2) is 0 Å². The predicted molar refractivity (Wildman–Crippen MR) is 136 cm³/mol. The second-order valence-corrected chi connectivity index (χ2v) is 9.44. The van der Waals surface area contributed by atoms with Gasteiger partial charge in [-0.1, -0.05) is 24.3 Å². The van der Waals surface area contributed by atoms with E-state index < -0.39 is 17.3 Å². The second-order valence-electron chi connectivity index (χ2n) is 9.44. The Hall–Kier alpha value is -3.88. The summed E-state index contributed by atoms with van der Waals surface area (Å²) >= 11 is 0. The van der Waals surface area contributed by atoms with Gasteiger partial charge >= 0.3 is 5.97 Å². The molecule has 9 heteroatoms. The number of fused-ring (bicyclic) bond motifs is 1. The van der Waals surface area contributed by atoms with Crippen molar-refractivity contribution >= 4 is 23.3 Å². The highest BCUT2D eigenvalue weighted by Crippen LogP contribution is 2.34. The number of carbonyl (C=O) groups is 2. The number of allylic oxidation sites excluding steroid dienone is 4. The highest BCUT2D eigenvalue weighted by molar-refractivity contribution is 6.19. The number of aliphatic carboxylic acids is 1. The molecule has 0 unspecified atom stereocenters. The molecule has 192 valence electrons. The summed E-state index contributed by atoms with van der Waals surface area (Å²) in [5.74, 6) is -1.78. The average molecular weight is 498 g/mol. The van der Waals surface area contributed by atoms with Crippen molar-refractivity contribution in [2.45, 2.75) is 58.4 Å². The zero-order chi connectivity index (χ0) is 26.5. The van der Waals surface area contributed by atoms with Gasteiger partial charge in [-0.05, 0) is 45.7 Å². The fourth-order valence-corrected chi connectivity index (χ4v) is 4.11. The Morgan fingerprint density at radius 3 is 2.75 bits per heavy atom. The van der Waals surface area contributed by atoms with Crippen molar-refractivity contribution in [2.75, 3.05) is 6.61 Å². The van der Waals surface area contributed by atoms with E-state index in [-0.39, 0.29) is 42.2 Å². The van der Waals surface area contributed by atoms with Gasteiger partial charge in [-0.2, -0.15) is 0 Å². The van der Waals surface area contributed by atoms with Gasteiger partial charge in [-0.15, -0.1) is 0 Å². The Bertz CT molecular complexity index is 1210. The number of rotatable bonds is 8. The number of nitrogens with two attached hydrogens (primary N) is 1. The number of carboxylic acid groups (broad SMARTS) is 1. The standard InChI is InChI=1S/C27H32FN3O5/c1-16-24(26(34)35)20(29)15-18-21(30-16)9-5-10-23(18)36-14-6-13-27(2,3)31-25(33)17-7-4-8-19(28)22(32)12-11-17/h4-5,7,9-11,32H,6,8,12-15,29H2,1-3H3,(H,31,33)(H,34,35)/b7-4-,17-11+,22-19-. The molecule has 36 heavy (non-hydrogen) atoms. The number of nitrogens with one attached hydrogen (secondary N) is 1. The minimum absolute atomic E-state index is 0.0141. The largest absolute Gasteiger partial charge is 0.509 e. The maximum absolute atomic E-state index is 13.5. The number of carboxylic acids is 1. The van der Waals surface area contributed by atoms with E-state index in [4.69, 9.17) is 10.5 Å². The molecule has 0 atom stereocenters. The molecule has 0 spiro atoms. The first-order chi connectivity index (χ1) is 17.0. The van der Waals surface area contributed by atoms with E-state index in [1.807, 2.05) is 13.8 Å². The maximum atomic E-state index is 13.5. The highest BCUT2D eigenvalue weighted by Gasteiger charge is 2.24. The van der Waals surface area contributed by atoms with Gasteiger partial charge in [0.05, 0.1) is 23.6 Å². The van der Waals surface area contributed by atoms with Gasteiger partial charge in [-0.25, -0.2) is 9.18 Å². The maximum Gasteiger partial charge on any atom is 0.339 e. The quantitative estimate of drug-likeness (QED) is 0.385. The molecule has 0 saturated heterocycles. The SMILES string of the molecule is CC1=Nc2cccc(OCCCC(C)(C)NC(=O)C3=C/C/C(O)=C(/F)C/C=C\3)c2CC(N)=C1C(=O)O. The first-order valence-corrected chi connectivity index (χ1v) is 11.8. The van der Waals surface area contributed by atoms with Crippen LogP contribution in [-0.4, -0.2) is 39.9 Å². The number of carbonyl (C=O) groups excluding carboxylic acids is 1. The summed E-state index contributed by atoms with van der Waals surface area (Å²) < 4.78 is 19.5. The Balaban J connectivity index is 1.59. The van der Waals surface area contributed by atoms with Crippen LogP contribution < -0.4 is 15.8 Å². The fraction of sp³-hybridized carbons (Fsp3) is 0.370. The topological polar surface area (TPSA) is 134 Å². The van der Waals surface area contributed by atoms with Gasteiger partial charge in [0.1, 0.15) is 17.3 Å². The van der Waals surface area contributed by atoms with Crippen LogP contribution in [0.15, 0.2) is 69.8 Å². The molecule has 8 nitrogen and oxygen atoms in total. The van der Waals surface area contributed by atoms with Crippen LogP contribution in [-0.2, 0) is 16.0 Å². The Kier molecular flexibility index (Phi) is 8.34. The average Bonchev–Trinajstić information content (AvgIpc) is 2.91. The summed E-state index contributed by atoms with van der Waals surface area (Å²) in [4.78, 5) is 28.8. The molecule has 1 aliphatic carbocycles. The van der Waals surface area contributed by atoms with Crippen LogP contribution in [0.4, 0.5) is 10.1 Å². The number of hydrogen-bond acceptors (Lipinski definition) is 6. The summed E-state index contributed by atoms with van der Waals surface area (Å²) in [6.07, 6.45) is 5.94. The lowest BCUT2D eigenvalue weighted by molar-refractivity contribution is -0.132. The number of aliphatic imine (C=N–C) groups is 1. The Labute approximate surface area is 209 Å². The van der Waals surface area contributed by atoms with E-state index in [0.29, 0.717) is 42.2 Å². The van der Waals surface area contributed by atoms with Gasteiger partial charge in [0.25, 0.3) is 5.91 Å². The molecule has 1 heterocycles. The third kappa shape index (κ3) is 6.62. The van der Waals surface area contributed by atoms with Crippen molar-refractivity contribution in [2.24, 2.45) is 10.7 Å². The number of amides is 1. The number of halogens is 1. The summed E-state index contributed by atoms with van der Waals surface area (Å²) in [7, 11) is 0. The molecular weight excluding hydrogens is 465 g/mol. The Morgan fingerprint density at radius 1 is 1.28 bits per heavy atom. The van der Waals surface area contributed by atoms with E-state index in [2.05, 4.69) is 10.3 Å². The number of nitrogens with zero attached hydrogens (tertiary/aromatic N) is 1. The van der Waals surface area contributed by atoms with Crippen LogP contribution in [0.25, 0.3) is 0 Å². The smallest absolute Gasteiger partial charge is 0.339 e. The summed E-state index contributed by atoms with van der Waals surface area (Å²) in [6.45, 7) is 5.80. The lowest BCUT2D eigenvalue weighted by atomic mass is 9.97. The van der Waals surface area contributed by atoms with Crippen LogP contribution >= 0.6 is 0 Å². The van der Waals surface area contributed by atoms with Gasteiger partial charge in [0.2, 0.25) is 0 Å².